The third-order valence-corrected chi connectivity index (χ3v) is 3.51. The van der Waals surface area contributed by atoms with Gasteiger partial charge < -0.3 is 14.8 Å². The molecule has 0 bridgehead atoms. The highest BCUT2D eigenvalue weighted by atomic mass is 16.4. The van der Waals surface area contributed by atoms with Crippen molar-refractivity contribution in [2.24, 2.45) is 11.8 Å². The van der Waals surface area contributed by atoms with E-state index in [9.17, 15) is 9.90 Å². The van der Waals surface area contributed by atoms with Crippen LogP contribution in [0.15, 0.2) is 16.9 Å². The smallest absolute Gasteiger partial charge is 0.407 e. The minimum atomic E-state index is -0.891. The Hall–Kier alpha value is -1.56. The predicted molar refractivity (Wildman–Crippen MR) is 53.8 cm³/mol. The Morgan fingerprint density at radius 1 is 1.62 bits per heavy atom. The van der Waals surface area contributed by atoms with E-state index in [-0.39, 0.29) is 12.0 Å². The predicted octanol–water partition coefficient (Wildman–Crippen LogP) is 0.545. The lowest BCUT2D eigenvalue weighted by atomic mass is 9.94. The fraction of sp³-hybridized carbons (Fsp3) is 0.600. The number of nitrogens with one attached hydrogen (secondary N) is 1. The number of carboxylic acid groups (broad SMARTS) is 1. The van der Waals surface area contributed by atoms with Crippen molar-refractivity contribution < 1.29 is 14.3 Å². The van der Waals surface area contributed by atoms with Gasteiger partial charge in [0.2, 0.25) is 5.89 Å². The Bertz CT molecular complexity index is 392. The molecule has 0 aromatic carbocycles. The molecule has 0 saturated carbocycles. The van der Waals surface area contributed by atoms with Crippen molar-refractivity contribution in [1.29, 1.82) is 0 Å². The Labute approximate surface area is 92.3 Å². The van der Waals surface area contributed by atoms with Crippen LogP contribution in [0, 0.1) is 11.8 Å². The van der Waals surface area contributed by atoms with Crippen molar-refractivity contribution in [3.63, 3.8) is 0 Å². The largest absolute Gasteiger partial charge is 0.465 e. The summed E-state index contributed by atoms with van der Waals surface area (Å²) in [6.45, 7) is 2.28. The van der Waals surface area contributed by atoms with Crippen LogP contribution in [0.1, 0.15) is 11.9 Å². The van der Waals surface area contributed by atoms with Gasteiger partial charge in [-0.15, -0.1) is 0 Å². The minimum Gasteiger partial charge on any atom is -0.465 e. The van der Waals surface area contributed by atoms with E-state index < -0.39 is 6.09 Å². The van der Waals surface area contributed by atoms with Crippen molar-refractivity contribution in [3.05, 3.63) is 18.4 Å². The maximum atomic E-state index is 11.2. The second-order valence-corrected chi connectivity index (χ2v) is 4.33. The normalized spacial score (nSPS) is 33.0. The summed E-state index contributed by atoms with van der Waals surface area (Å²) in [6.07, 6.45) is 2.16. The van der Waals surface area contributed by atoms with Crippen LogP contribution >= 0.6 is 0 Å². The van der Waals surface area contributed by atoms with Gasteiger partial charge in [0.05, 0.1) is 6.20 Å². The van der Waals surface area contributed by atoms with Crippen LogP contribution in [0.5, 0.6) is 0 Å². The summed E-state index contributed by atoms with van der Waals surface area (Å²) in [6, 6.07) is -0.229. The Balaban J connectivity index is 1.94. The summed E-state index contributed by atoms with van der Waals surface area (Å²) in [5, 5.41) is 12.5. The van der Waals surface area contributed by atoms with Crippen LogP contribution in [0.4, 0.5) is 4.79 Å². The zero-order valence-corrected chi connectivity index (χ0v) is 8.67. The third-order valence-electron chi connectivity index (χ3n) is 3.51. The molecule has 1 aromatic rings. The van der Waals surface area contributed by atoms with Gasteiger partial charge in [-0.3, -0.25) is 4.90 Å². The molecule has 0 spiro atoms. The molecule has 2 N–H and O–H groups in total. The number of nitrogens with zero attached hydrogens (tertiary/aromatic N) is 2. The van der Waals surface area contributed by atoms with Gasteiger partial charge in [-0.05, 0) is 5.92 Å². The Morgan fingerprint density at radius 2 is 2.50 bits per heavy atom. The molecule has 3 heterocycles. The average molecular weight is 223 g/mol. The van der Waals surface area contributed by atoms with Gasteiger partial charge in [0, 0.05) is 25.6 Å². The molecule has 0 aliphatic carbocycles. The van der Waals surface area contributed by atoms with Crippen molar-refractivity contribution in [3.8, 4) is 0 Å². The number of carbonyl (C=O) groups is 1. The molecule has 86 valence electrons. The Kier molecular flexibility index (Phi) is 2.10. The minimum absolute atomic E-state index is 0.229. The van der Waals surface area contributed by atoms with Crippen molar-refractivity contribution in [2.45, 2.75) is 6.04 Å². The molecule has 3 rings (SSSR count). The van der Waals surface area contributed by atoms with Gasteiger partial charge in [0.15, 0.2) is 0 Å². The summed E-state index contributed by atoms with van der Waals surface area (Å²) in [5.74, 6) is 1.18. The number of fused-ring (bicyclic) bond motifs is 1. The lowest BCUT2D eigenvalue weighted by Gasteiger charge is -2.22. The zero-order valence-electron chi connectivity index (χ0n) is 8.67. The van der Waals surface area contributed by atoms with Crippen molar-refractivity contribution in [1.82, 2.24) is 15.2 Å². The first-order valence-electron chi connectivity index (χ1n) is 5.37. The second-order valence-electron chi connectivity index (χ2n) is 4.33. The lowest BCUT2D eigenvalue weighted by molar-refractivity contribution is 0.126. The van der Waals surface area contributed by atoms with Crippen LogP contribution in [-0.2, 0) is 0 Å². The number of oxazole rings is 1. The van der Waals surface area contributed by atoms with Gasteiger partial charge in [-0.25, -0.2) is 9.78 Å². The summed E-state index contributed by atoms with van der Waals surface area (Å²) < 4.78 is 5.26. The van der Waals surface area contributed by atoms with Gasteiger partial charge in [0.1, 0.15) is 12.3 Å². The Morgan fingerprint density at radius 3 is 3.19 bits per heavy atom. The van der Waals surface area contributed by atoms with Crippen molar-refractivity contribution in [2.75, 3.05) is 19.6 Å². The molecule has 1 aromatic heterocycles. The lowest BCUT2D eigenvalue weighted by Crippen LogP contribution is -2.33. The van der Waals surface area contributed by atoms with Gasteiger partial charge in [0.25, 0.3) is 0 Å². The molecule has 6 nitrogen and oxygen atoms in total. The standard InChI is InChI=1S/C10H13N3O3/c14-10(15)13-5-6-3-11-4-7(6)8(13)9-12-1-2-16-9/h1-2,6-8,11H,3-5H2,(H,14,15). The number of rotatable bonds is 1. The molecule has 6 heteroatoms. The van der Waals surface area contributed by atoms with Gasteiger partial charge in [-0.2, -0.15) is 0 Å². The molecule has 2 aliphatic rings. The quantitative estimate of drug-likeness (QED) is 0.726. The van der Waals surface area contributed by atoms with E-state index in [2.05, 4.69) is 10.3 Å². The fourth-order valence-corrected chi connectivity index (χ4v) is 2.81. The molecule has 0 radical (unpaired) electrons. The molecule has 3 unspecified atom stereocenters. The summed E-state index contributed by atoms with van der Waals surface area (Å²) in [5.41, 5.74) is 0. The number of hydrogen-bond acceptors (Lipinski definition) is 4. The van der Waals surface area contributed by atoms with Crippen LogP contribution in [0.25, 0.3) is 0 Å². The summed E-state index contributed by atoms with van der Waals surface area (Å²) >= 11 is 0. The maximum Gasteiger partial charge on any atom is 0.407 e. The van der Waals surface area contributed by atoms with Crippen LogP contribution < -0.4 is 5.32 Å². The SMILES string of the molecule is O=C(O)N1CC2CNCC2C1c1ncco1. The number of likely N-dealkylation sites (tertiary alicyclic amines) is 1. The fourth-order valence-electron chi connectivity index (χ4n) is 2.81. The highest BCUT2D eigenvalue weighted by molar-refractivity contribution is 5.66. The first-order chi connectivity index (χ1) is 7.77. The van der Waals surface area contributed by atoms with Gasteiger partial charge >= 0.3 is 6.09 Å². The van der Waals surface area contributed by atoms with E-state index in [1.54, 1.807) is 6.20 Å². The van der Waals surface area contributed by atoms with E-state index in [4.69, 9.17) is 4.42 Å². The second kappa shape index (κ2) is 3.48. The summed E-state index contributed by atoms with van der Waals surface area (Å²) in [4.78, 5) is 16.7. The van der Waals surface area contributed by atoms with Crippen molar-refractivity contribution >= 4 is 6.09 Å². The molecular weight excluding hydrogens is 210 g/mol. The molecular formula is C10H13N3O3. The molecule has 2 fully saturated rings. The maximum absolute atomic E-state index is 11.2. The molecule has 2 saturated heterocycles. The zero-order chi connectivity index (χ0) is 11.1. The van der Waals surface area contributed by atoms with E-state index in [0.29, 0.717) is 18.4 Å². The molecule has 1 amide bonds. The first-order valence-corrected chi connectivity index (χ1v) is 5.37. The van der Waals surface area contributed by atoms with Crippen LogP contribution in [0.2, 0.25) is 0 Å². The van der Waals surface area contributed by atoms with Crippen LogP contribution in [0.3, 0.4) is 0 Å². The number of amides is 1. The van der Waals surface area contributed by atoms with E-state index >= 15 is 0 Å². The van der Waals surface area contributed by atoms with E-state index in [0.717, 1.165) is 13.1 Å². The molecule has 16 heavy (non-hydrogen) atoms. The highest BCUT2D eigenvalue weighted by Gasteiger charge is 2.48. The van der Waals surface area contributed by atoms with E-state index in [1.807, 2.05) is 0 Å². The first kappa shape index (κ1) is 9.65. The third kappa shape index (κ3) is 1.30. The van der Waals surface area contributed by atoms with E-state index in [1.165, 1.54) is 11.2 Å². The molecule has 2 aliphatic heterocycles. The molecule has 3 atom stereocenters. The highest BCUT2D eigenvalue weighted by Crippen LogP contribution is 2.41. The summed E-state index contributed by atoms with van der Waals surface area (Å²) in [7, 11) is 0. The number of hydrogen-bond donors (Lipinski definition) is 2. The number of aromatic nitrogens is 1. The average Bonchev–Trinajstić information content (AvgIpc) is 2.92. The van der Waals surface area contributed by atoms with Gasteiger partial charge in [-0.1, -0.05) is 0 Å². The van der Waals surface area contributed by atoms with Crippen LogP contribution in [-0.4, -0.2) is 40.7 Å². The monoisotopic (exact) mass is 223 g/mol. The topological polar surface area (TPSA) is 78.6 Å².